The van der Waals surface area contributed by atoms with E-state index >= 15 is 0 Å². The van der Waals surface area contributed by atoms with Gasteiger partial charge in [0.25, 0.3) is 0 Å². The number of methoxy groups -OCH3 is 1. The van der Waals surface area contributed by atoms with E-state index in [1.165, 1.54) is 5.82 Å². The van der Waals surface area contributed by atoms with Crippen LogP contribution in [0.3, 0.4) is 0 Å². The molecular weight excluding hydrogens is 323 g/mol. The minimum Gasteiger partial charge on any atom is -0.497 e. The third-order valence-corrected chi connectivity index (χ3v) is 4.92. The summed E-state index contributed by atoms with van der Waals surface area (Å²) in [7, 11) is -2.24. The molecule has 0 aliphatic carbocycles. The van der Waals surface area contributed by atoms with Crippen LogP contribution in [0.2, 0.25) is 5.02 Å². The third-order valence-electron chi connectivity index (χ3n) is 3.47. The normalized spacial score (nSPS) is 19.9. The molecule has 2 aromatic carbocycles. The molecule has 1 N–H and O–H groups in total. The average molecular weight is 337 g/mol. The molecule has 22 heavy (non-hydrogen) atoms. The highest BCUT2D eigenvalue weighted by molar-refractivity contribution is 7.57. The summed E-state index contributed by atoms with van der Waals surface area (Å²) >= 11 is 6.18. The number of fused-ring (bicyclic) bond motifs is 1. The highest BCUT2D eigenvalue weighted by atomic mass is 35.5. The Balaban J connectivity index is 2.18. The van der Waals surface area contributed by atoms with E-state index in [1.807, 2.05) is 19.1 Å². The molecule has 0 fully saturated rings. The van der Waals surface area contributed by atoms with E-state index in [9.17, 15) is 9.46 Å². The van der Waals surface area contributed by atoms with Gasteiger partial charge in [-0.1, -0.05) is 23.7 Å². The SMILES string of the molecule is COc1ccc(C2=CP(=O)(O)Oc3cc(C)c(Cl)cc32)cc1. The lowest BCUT2D eigenvalue weighted by Crippen LogP contribution is -2.03. The highest BCUT2D eigenvalue weighted by Crippen LogP contribution is 2.54. The standard InChI is InChI=1S/C16H14ClO4P/c1-10-7-16-13(8-15(10)17)14(9-22(18,19)21-16)11-3-5-12(20-2)6-4-11/h3-9H,1-2H3,(H,18,19). The smallest absolute Gasteiger partial charge is 0.401 e. The average Bonchev–Trinajstić information content (AvgIpc) is 2.48. The molecule has 3 rings (SSSR count). The molecule has 1 atom stereocenters. The van der Waals surface area contributed by atoms with Gasteiger partial charge >= 0.3 is 7.60 Å². The van der Waals surface area contributed by atoms with Gasteiger partial charge in [0.2, 0.25) is 0 Å². The highest BCUT2D eigenvalue weighted by Gasteiger charge is 2.29. The molecular formula is C16H14ClO4P. The fourth-order valence-corrected chi connectivity index (χ4v) is 3.61. The largest absolute Gasteiger partial charge is 0.497 e. The molecule has 114 valence electrons. The second-order valence-corrected chi connectivity index (χ2v) is 7.00. The first kappa shape index (κ1) is 15.2. The summed E-state index contributed by atoms with van der Waals surface area (Å²) in [5, 5.41) is 0.580. The van der Waals surface area contributed by atoms with Crippen LogP contribution >= 0.6 is 19.2 Å². The number of aryl methyl sites for hydroxylation is 1. The van der Waals surface area contributed by atoms with Gasteiger partial charge in [-0.2, -0.15) is 0 Å². The maximum Gasteiger partial charge on any atom is 0.401 e. The van der Waals surface area contributed by atoms with Crippen molar-refractivity contribution >= 4 is 24.8 Å². The Labute approximate surface area is 133 Å². The summed E-state index contributed by atoms with van der Waals surface area (Å²) in [5.74, 6) is 2.33. The number of halogens is 1. The van der Waals surface area contributed by atoms with E-state index in [0.29, 0.717) is 27.7 Å². The van der Waals surface area contributed by atoms with Crippen LogP contribution in [0, 0.1) is 6.92 Å². The van der Waals surface area contributed by atoms with Gasteiger partial charge < -0.3 is 14.2 Å². The second-order valence-electron chi connectivity index (χ2n) is 5.02. The number of hydrogen-bond acceptors (Lipinski definition) is 3. The van der Waals surface area contributed by atoms with E-state index in [2.05, 4.69) is 0 Å². The third kappa shape index (κ3) is 2.78. The van der Waals surface area contributed by atoms with Gasteiger partial charge in [0.05, 0.1) is 7.11 Å². The summed E-state index contributed by atoms with van der Waals surface area (Å²) in [5.41, 5.74) is 2.90. The zero-order valence-corrected chi connectivity index (χ0v) is 13.7. The predicted octanol–water partition coefficient (Wildman–Crippen LogP) is 4.62. The molecule has 1 aliphatic rings. The zero-order chi connectivity index (χ0) is 15.9. The molecule has 1 aliphatic heterocycles. The quantitative estimate of drug-likeness (QED) is 0.813. The van der Waals surface area contributed by atoms with Gasteiger partial charge in [-0.3, -0.25) is 0 Å². The van der Waals surface area contributed by atoms with Crippen LogP contribution in [0.25, 0.3) is 5.57 Å². The number of benzene rings is 2. The monoisotopic (exact) mass is 336 g/mol. The topological polar surface area (TPSA) is 55.8 Å². The number of hydrogen-bond donors (Lipinski definition) is 1. The first-order chi connectivity index (χ1) is 10.4. The fraction of sp³-hybridized carbons (Fsp3) is 0.125. The van der Waals surface area contributed by atoms with E-state index < -0.39 is 7.60 Å². The zero-order valence-electron chi connectivity index (χ0n) is 12.0. The predicted molar refractivity (Wildman–Crippen MR) is 86.7 cm³/mol. The Bertz CT molecular complexity index is 812. The van der Waals surface area contributed by atoms with Gasteiger partial charge in [0, 0.05) is 22.0 Å². The molecule has 0 spiro atoms. The van der Waals surface area contributed by atoms with Crippen molar-refractivity contribution in [3.8, 4) is 11.5 Å². The minimum absolute atomic E-state index is 0.362. The van der Waals surface area contributed by atoms with Crippen molar-refractivity contribution in [2.45, 2.75) is 6.92 Å². The lowest BCUT2D eigenvalue weighted by atomic mass is 9.97. The van der Waals surface area contributed by atoms with Crippen molar-refractivity contribution in [3.63, 3.8) is 0 Å². The summed E-state index contributed by atoms with van der Waals surface area (Å²) < 4.78 is 22.4. The van der Waals surface area contributed by atoms with Crippen molar-refractivity contribution in [1.29, 1.82) is 0 Å². The molecule has 2 aromatic rings. The van der Waals surface area contributed by atoms with Crippen molar-refractivity contribution in [2.75, 3.05) is 7.11 Å². The molecule has 1 unspecified atom stereocenters. The lowest BCUT2D eigenvalue weighted by Gasteiger charge is -2.23. The van der Waals surface area contributed by atoms with Gasteiger partial charge in [-0.25, -0.2) is 4.57 Å². The van der Waals surface area contributed by atoms with Crippen molar-refractivity contribution in [1.82, 2.24) is 0 Å². The van der Waals surface area contributed by atoms with Crippen LogP contribution in [0.1, 0.15) is 16.7 Å². The molecule has 0 aromatic heterocycles. The molecule has 0 saturated carbocycles. The minimum atomic E-state index is -3.83. The molecule has 0 amide bonds. The molecule has 0 bridgehead atoms. The molecule has 0 radical (unpaired) electrons. The van der Waals surface area contributed by atoms with Crippen molar-refractivity contribution in [2.24, 2.45) is 0 Å². The fourth-order valence-electron chi connectivity index (χ4n) is 2.34. The maximum absolute atomic E-state index is 12.1. The first-order valence-electron chi connectivity index (χ1n) is 6.59. The van der Waals surface area contributed by atoms with Crippen molar-refractivity contribution < 1.29 is 18.7 Å². The Morgan fingerprint density at radius 1 is 1.23 bits per heavy atom. The van der Waals surface area contributed by atoms with Crippen LogP contribution in [0.4, 0.5) is 0 Å². The van der Waals surface area contributed by atoms with E-state index in [-0.39, 0.29) is 0 Å². The van der Waals surface area contributed by atoms with Crippen LogP contribution in [0.5, 0.6) is 11.5 Å². The second kappa shape index (κ2) is 5.47. The molecule has 1 heterocycles. The molecule has 4 nitrogen and oxygen atoms in total. The Morgan fingerprint density at radius 3 is 2.55 bits per heavy atom. The van der Waals surface area contributed by atoms with Crippen LogP contribution in [-0.2, 0) is 4.57 Å². The summed E-state index contributed by atoms with van der Waals surface area (Å²) in [6.07, 6.45) is 0. The summed E-state index contributed by atoms with van der Waals surface area (Å²) in [6.45, 7) is 1.82. The van der Waals surface area contributed by atoms with Crippen LogP contribution < -0.4 is 9.26 Å². The number of rotatable bonds is 2. The number of ether oxygens (including phenoxy) is 1. The Morgan fingerprint density at radius 2 is 1.91 bits per heavy atom. The van der Waals surface area contributed by atoms with E-state index in [4.69, 9.17) is 20.9 Å². The van der Waals surface area contributed by atoms with Crippen LogP contribution in [-0.4, -0.2) is 12.0 Å². The summed E-state index contributed by atoms with van der Waals surface area (Å²) in [6, 6.07) is 10.7. The molecule has 6 heteroatoms. The van der Waals surface area contributed by atoms with E-state index in [0.717, 1.165) is 11.1 Å². The van der Waals surface area contributed by atoms with Crippen molar-refractivity contribution in [3.05, 3.63) is 63.9 Å². The van der Waals surface area contributed by atoms with Gasteiger partial charge in [-0.05, 0) is 42.3 Å². The Hall–Kier alpha value is -1.74. The van der Waals surface area contributed by atoms with Gasteiger partial charge in [-0.15, -0.1) is 0 Å². The van der Waals surface area contributed by atoms with Gasteiger partial charge in [0.15, 0.2) is 0 Å². The van der Waals surface area contributed by atoms with Crippen LogP contribution in [0.15, 0.2) is 42.2 Å². The van der Waals surface area contributed by atoms with Gasteiger partial charge in [0.1, 0.15) is 11.5 Å². The Kier molecular flexibility index (Phi) is 3.77. The summed E-state index contributed by atoms with van der Waals surface area (Å²) in [4.78, 5) is 9.91. The lowest BCUT2D eigenvalue weighted by molar-refractivity contribution is 0.390. The van der Waals surface area contributed by atoms with E-state index in [1.54, 1.807) is 31.4 Å². The molecule has 0 saturated heterocycles. The first-order valence-corrected chi connectivity index (χ1v) is 8.62. The maximum atomic E-state index is 12.1.